The van der Waals surface area contributed by atoms with Gasteiger partial charge in [-0.2, -0.15) is 4.98 Å². The molecule has 0 atom stereocenters. The molecule has 0 saturated heterocycles. The fourth-order valence-corrected chi connectivity index (χ4v) is 2.87. The van der Waals surface area contributed by atoms with Crippen LogP contribution in [0.5, 0.6) is 11.5 Å². The van der Waals surface area contributed by atoms with Crippen molar-refractivity contribution >= 4 is 22.7 Å². The average Bonchev–Trinajstić information content (AvgIpc) is 3.44. The number of aromatic nitrogens is 2. The molecule has 1 aromatic heterocycles. The van der Waals surface area contributed by atoms with E-state index in [-0.39, 0.29) is 5.95 Å². The molecule has 0 amide bonds. The van der Waals surface area contributed by atoms with E-state index in [1.165, 1.54) is 12.8 Å². The Balaban J connectivity index is 1.81. The van der Waals surface area contributed by atoms with Crippen LogP contribution in [-0.2, 0) is 0 Å². The van der Waals surface area contributed by atoms with Gasteiger partial charge in [-0.05, 0) is 48.2 Å². The first-order valence-electron chi connectivity index (χ1n) is 8.24. The second-order valence-corrected chi connectivity index (χ2v) is 6.15. The van der Waals surface area contributed by atoms with Crippen LogP contribution in [-0.4, -0.2) is 30.2 Å². The van der Waals surface area contributed by atoms with Crippen molar-refractivity contribution in [1.29, 1.82) is 0 Å². The molecule has 2 aromatic carbocycles. The number of nitrogens with zero attached hydrogens (tertiary/aromatic N) is 2. The number of nitrogens with two attached hydrogens (primary N) is 1. The van der Waals surface area contributed by atoms with Crippen molar-refractivity contribution in [2.45, 2.75) is 18.9 Å². The number of ether oxygens (including phenoxy) is 2. The van der Waals surface area contributed by atoms with Crippen LogP contribution in [0.4, 0.5) is 11.8 Å². The van der Waals surface area contributed by atoms with Crippen LogP contribution in [0.3, 0.4) is 0 Å². The van der Waals surface area contributed by atoms with Gasteiger partial charge in [-0.25, -0.2) is 4.98 Å². The van der Waals surface area contributed by atoms with Crippen molar-refractivity contribution in [1.82, 2.24) is 9.97 Å². The van der Waals surface area contributed by atoms with Gasteiger partial charge in [0.1, 0.15) is 5.82 Å². The molecular formula is C19H20N4O2. The van der Waals surface area contributed by atoms with Crippen LogP contribution in [0.15, 0.2) is 36.4 Å². The Kier molecular flexibility index (Phi) is 3.80. The summed E-state index contributed by atoms with van der Waals surface area (Å²) in [5.74, 6) is 2.49. The highest BCUT2D eigenvalue weighted by atomic mass is 16.5. The second-order valence-electron chi connectivity index (χ2n) is 6.15. The SMILES string of the molecule is COc1ccc(-c2ccc3nc(N)nc(NC4CC4)c3c2)cc1OC. The summed E-state index contributed by atoms with van der Waals surface area (Å²) in [5, 5.41) is 4.41. The summed E-state index contributed by atoms with van der Waals surface area (Å²) in [4.78, 5) is 8.73. The maximum absolute atomic E-state index is 5.85. The third-order valence-corrected chi connectivity index (χ3v) is 4.35. The third kappa shape index (κ3) is 3.03. The van der Waals surface area contributed by atoms with Gasteiger partial charge in [-0.15, -0.1) is 0 Å². The number of hydrogen-bond donors (Lipinski definition) is 2. The van der Waals surface area contributed by atoms with Gasteiger partial charge in [0.15, 0.2) is 11.5 Å². The van der Waals surface area contributed by atoms with E-state index in [2.05, 4.69) is 21.4 Å². The highest BCUT2D eigenvalue weighted by molar-refractivity contribution is 5.93. The molecule has 0 spiro atoms. The summed E-state index contributed by atoms with van der Waals surface area (Å²) in [5.41, 5.74) is 8.77. The van der Waals surface area contributed by atoms with Gasteiger partial charge in [0.2, 0.25) is 5.95 Å². The molecule has 0 aliphatic heterocycles. The van der Waals surface area contributed by atoms with Crippen LogP contribution >= 0.6 is 0 Å². The number of hydrogen-bond acceptors (Lipinski definition) is 6. The lowest BCUT2D eigenvalue weighted by Crippen LogP contribution is -2.06. The zero-order chi connectivity index (χ0) is 17.4. The Hall–Kier alpha value is -3.02. The normalized spacial score (nSPS) is 13.7. The van der Waals surface area contributed by atoms with Crippen molar-refractivity contribution in [3.05, 3.63) is 36.4 Å². The van der Waals surface area contributed by atoms with Crippen LogP contribution in [0.2, 0.25) is 0 Å². The Morgan fingerprint density at radius 3 is 2.40 bits per heavy atom. The van der Waals surface area contributed by atoms with E-state index in [4.69, 9.17) is 15.2 Å². The number of fused-ring (bicyclic) bond motifs is 1. The van der Waals surface area contributed by atoms with E-state index in [9.17, 15) is 0 Å². The molecule has 3 aromatic rings. The lowest BCUT2D eigenvalue weighted by molar-refractivity contribution is 0.355. The highest BCUT2D eigenvalue weighted by Gasteiger charge is 2.22. The quantitative estimate of drug-likeness (QED) is 0.742. The highest BCUT2D eigenvalue weighted by Crippen LogP contribution is 2.35. The number of nitrogens with one attached hydrogen (secondary N) is 1. The smallest absolute Gasteiger partial charge is 0.222 e. The zero-order valence-electron chi connectivity index (χ0n) is 14.2. The summed E-state index contributed by atoms with van der Waals surface area (Å²) in [6.07, 6.45) is 2.33. The average molecular weight is 336 g/mol. The molecule has 0 radical (unpaired) electrons. The molecule has 1 saturated carbocycles. The number of methoxy groups -OCH3 is 2. The Labute approximate surface area is 146 Å². The van der Waals surface area contributed by atoms with Crippen LogP contribution < -0.4 is 20.5 Å². The van der Waals surface area contributed by atoms with E-state index >= 15 is 0 Å². The molecule has 128 valence electrons. The second kappa shape index (κ2) is 6.12. The lowest BCUT2D eigenvalue weighted by Gasteiger charge is -2.12. The van der Waals surface area contributed by atoms with E-state index in [1.807, 2.05) is 30.3 Å². The minimum absolute atomic E-state index is 0.287. The summed E-state index contributed by atoms with van der Waals surface area (Å²) < 4.78 is 10.7. The third-order valence-electron chi connectivity index (χ3n) is 4.35. The topological polar surface area (TPSA) is 82.3 Å². The molecule has 1 heterocycles. The minimum Gasteiger partial charge on any atom is -0.493 e. The Morgan fingerprint density at radius 2 is 1.68 bits per heavy atom. The maximum atomic E-state index is 5.85. The first-order chi connectivity index (χ1) is 12.2. The monoisotopic (exact) mass is 336 g/mol. The Bertz CT molecular complexity index is 938. The molecule has 1 aliphatic rings. The van der Waals surface area contributed by atoms with Gasteiger partial charge in [0.25, 0.3) is 0 Å². The van der Waals surface area contributed by atoms with E-state index in [0.717, 1.165) is 27.8 Å². The van der Waals surface area contributed by atoms with Crippen LogP contribution in [0, 0.1) is 0 Å². The van der Waals surface area contributed by atoms with Crippen molar-refractivity contribution in [2.75, 3.05) is 25.3 Å². The Morgan fingerprint density at radius 1 is 0.960 bits per heavy atom. The summed E-state index contributed by atoms with van der Waals surface area (Å²) >= 11 is 0. The largest absolute Gasteiger partial charge is 0.493 e. The lowest BCUT2D eigenvalue weighted by atomic mass is 10.0. The fraction of sp³-hybridized carbons (Fsp3) is 0.263. The molecule has 1 fully saturated rings. The maximum Gasteiger partial charge on any atom is 0.222 e. The molecule has 1 aliphatic carbocycles. The molecule has 6 nitrogen and oxygen atoms in total. The number of nitrogen functional groups attached to an aromatic ring is 1. The van der Waals surface area contributed by atoms with Crippen molar-refractivity contribution in [3.63, 3.8) is 0 Å². The van der Waals surface area contributed by atoms with E-state index in [1.54, 1.807) is 14.2 Å². The predicted octanol–water partition coefficient (Wildman–Crippen LogP) is 3.47. The molecule has 0 bridgehead atoms. The number of anilines is 2. The molecule has 4 rings (SSSR count). The number of benzene rings is 2. The van der Waals surface area contributed by atoms with E-state index in [0.29, 0.717) is 17.5 Å². The summed E-state index contributed by atoms with van der Waals surface area (Å²) in [6.45, 7) is 0. The first-order valence-corrected chi connectivity index (χ1v) is 8.24. The van der Waals surface area contributed by atoms with Crippen molar-refractivity contribution < 1.29 is 9.47 Å². The molecule has 0 unspecified atom stereocenters. The molecular weight excluding hydrogens is 316 g/mol. The van der Waals surface area contributed by atoms with Gasteiger partial charge >= 0.3 is 0 Å². The molecule has 3 N–H and O–H groups in total. The van der Waals surface area contributed by atoms with Gasteiger partial charge in [0.05, 0.1) is 19.7 Å². The van der Waals surface area contributed by atoms with E-state index < -0.39 is 0 Å². The molecule has 6 heteroatoms. The summed E-state index contributed by atoms with van der Waals surface area (Å²) in [7, 11) is 3.27. The zero-order valence-corrected chi connectivity index (χ0v) is 14.2. The van der Waals surface area contributed by atoms with Gasteiger partial charge in [-0.1, -0.05) is 12.1 Å². The molecule has 25 heavy (non-hydrogen) atoms. The first kappa shape index (κ1) is 15.5. The van der Waals surface area contributed by atoms with Gasteiger partial charge in [0, 0.05) is 11.4 Å². The van der Waals surface area contributed by atoms with Gasteiger partial charge < -0.3 is 20.5 Å². The fourth-order valence-electron chi connectivity index (χ4n) is 2.87. The van der Waals surface area contributed by atoms with Crippen molar-refractivity contribution in [3.8, 4) is 22.6 Å². The van der Waals surface area contributed by atoms with Crippen molar-refractivity contribution in [2.24, 2.45) is 0 Å². The number of rotatable bonds is 5. The minimum atomic E-state index is 0.287. The van der Waals surface area contributed by atoms with Crippen LogP contribution in [0.1, 0.15) is 12.8 Å². The van der Waals surface area contributed by atoms with Crippen LogP contribution in [0.25, 0.3) is 22.0 Å². The predicted molar refractivity (Wildman–Crippen MR) is 99.1 cm³/mol. The summed E-state index contributed by atoms with van der Waals surface area (Å²) in [6, 6.07) is 12.4. The van der Waals surface area contributed by atoms with Gasteiger partial charge in [-0.3, -0.25) is 0 Å². The standard InChI is InChI=1S/C19H20N4O2/c1-24-16-8-4-12(10-17(16)25-2)11-3-7-15-14(9-11)18(21-13-5-6-13)23-19(20)22-15/h3-4,7-10,13H,5-6H2,1-2H3,(H3,20,21,22,23).